The zero-order chi connectivity index (χ0) is 14.3. The van der Waals surface area contributed by atoms with Crippen molar-refractivity contribution in [3.05, 3.63) is 35.4 Å². The summed E-state index contributed by atoms with van der Waals surface area (Å²) in [5, 5.41) is 3.56. The molecule has 0 atom stereocenters. The molecule has 0 amide bonds. The lowest BCUT2D eigenvalue weighted by Gasteiger charge is -2.29. The van der Waals surface area contributed by atoms with E-state index in [2.05, 4.69) is 57.3 Å². The fourth-order valence-electron chi connectivity index (χ4n) is 2.23. The SMILES string of the molecule is CCC(CC)(CCl)CNCc1ccc(C(C)C)cc1. The van der Waals surface area contributed by atoms with Gasteiger partial charge in [0.2, 0.25) is 0 Å². The van der Waals surface area contributed by atoms with E-state index in [-0.39, 0.29) is 5.41 Å². The topological polar surface area (TPSA) is 12.0 Å². The predicted octanol–water partition coefficient (Wildman–Crippen LogP) is 4.94. The lowest BCUT2D eigenvalue weighted by atomic mass is 9.84. The van der Waals surface area contributed by atoms with Crippen LogP contribution < -0.4 is 5.32 Å². The highest BCUT2D eigenvalue weighted by Gasteiger charge is 2.24. The Bertz CT molecular complexity index is 344. The summed E-state index contributed by atoms with van der Waals surface area (Å²) in [6.45, 7) is 10.8. The van der Waals surface area contributed by atoms with Gasteiger partial charge in [-0.15, -0.1) is 11.6 Å². The Morgan fingerprint density at radius 1 is 1.11 bits per heavy atom. The van der Waals surface area contributed by atoms with Crippen LogP contribution in [-0.4, -0.2) is 12.4 Å². The molecule has 0 saturated carbocycles. The lowest BCUT2D eigenvalue weighted by molar-refractivity contribution is 0.286. The van der Waals surface area contributed by atoms with Crippen molar-refractivity contribution in [3.8, 4) is 0 Å². The van der Waals surface area contributed by atoms with E-state index in [1.807, 2.05) is 0 Å². The van der Waals surface area contributed by atoms with E-state index >= 15 is 0 Å². The minimum Gasteiger partial charge on any atom is -0.312 e. The molecule has 0 heterocycles. The summed E-state index contributed by atoms with van der Waals surface area (Å²) in [5.41, 5.74) is 3.00. The van der Waals surface area contributed by atoms with Gasteiger partial charge in [0, 0.05) is 19.0 Å². The van der Waals surface area contributed by atoms with Gasteiger partial charge in [0.1, 0.15) is 0 Å². The third-order valence-corrected chi connectivity index (χ3v) is 4.83. The number of hydrogen-bond donors (Lipinski definition) is 1. The number of nitrogens with one attached hydrogen (secondary N) is 1. The van der Waals surface area contributed by atoms with Crippen LogP contribution in [0.25, 0.3) is 0 Å². The Balaban J connectivity index is 2.48. The maximum Gasteiger partial charge on any atom is 0.0291 e. The van der Waals surface area contributed by atoms with Gasteiger partial charge in [0.25, 0.3) is 0 Å². The molecule has 2 heteroatoms. The summed E-state index contributed by atoms with van der Waals surface area (Å²) in [7, 11) is 0. The van der Waals surface area contributed by atoms with E-state index < -0.39 is 0 Å². The van der Waals surface area contributed by atoms with Crippen LogP contribution in [0.5, 0.6) is 0 Å². The van der Waals surface area contributed by atoms with E-state index in [0.717, 1.165) is 31.8 Å². The Labute approximate surface area is 123 Å². The third-order valence-electron chi connectivity index (χ3n) is 4.26. The first-order valence-corrected chi connectivity index (χ1v) is 7.96. The van der Waals surface area contributed by atoms with Gasteiger partial charge in [0.05, 0.1) is 0 Å². The van der Waals surface area contributed by atoms with Crippen molar-refractivity contribution in [2.24, 2.45) is 5.41 Å². The van der Waals surface area contributed by atoms with Gasteiger partial charge in [0.15, 0.2) is 0 Å². The highest BCUT2D eigenvalue weighted by atomic mass is 35.5. The fraction of sp³-hybridized carbons (Fsp3) is 0.647. The second-order valence-corrected chi connectivity index (χ2v) is 6.11. The Morgan fingerprint density at radius 3 is 2.11 bits per heavy atom. The minimum atomic E-state index is 0.249. The van der Waals surface area contributed by atoms with Crippen LogP contribution in [0.15, 0.2) is 24.3 Å². The van der Waals surface area contributed by atoms with E-state index in [0.29, 0.717) is 5.92 Å². The second kappa shape index (κ2) is 7.91. The molecule has 0 bridgehead atoms. The van der Waals surface area contributed by atoms with Crippen molar-refractivity contribution in [1.29, 1.82) is 0 Å². The Morgan fingerprint density at radius 2 is 1.68 bits per heavy atom. The van der Waals surface area contributed by atoms with Gasteiger partial charge < -0.3 is 5.32 Å². The molecule has 0 saturated heterocycles. The zero-order valence-corrected chi connectivity index (χ0v) is 13.6. The maximum absolute atomic E-state index is 6.12. The van der Waals surface area contributed by atoms with Crippen LogP contribution in [0, 0.1) is 5.41 Å². The molecular formula is C17H28ClN. The molecule has 0 unspecified atom stereocenters. The van der Waals surface area contributed by atoms with Gasteiger partial charge in [-0.3, -0.25) is 0 Å². The van der Waals surface area contributed by atoms with Crippen LogP contribution in [0.2, 0.25) is 0 Å². The normalized spacial score (nSPS) is 12.1. The van der Waals surface area contributed by atoms with Crippen LogP contribution in [0.4, 0.5) is 0 Å². The molecule has 0 aliphatic heterocycles. The van der Waals surface area contributed by atoms with Crippen molar-refractivity contribution in [1.82, 2.24) is 5.32 Å². The quantitative estimate of drug-likeness (QED) is 0.665. The molecule has 1 aromatic carbocycles. The van der Waals surface area contributed by atoms with Crippen LogP contribution >= 0.6 is 11.6 Å². The van der Waals surface area contributed by atoms with E-state index in [4.69, 9.17) is 11.6 Å². The van der Waals surface area contributed by atoms with Gasteiger partial charge in [-0.05, 0) is 35.3 Å². The third kappa shape index (κ3) is 4.81. The fourth-order valence-corrected chi connectivity index (χ4v) is 2.70. The molecule has 0 aliphatic rings. The van der Waals surface area contributed by atoms with Crippen LogP contribution in [0.1, 0.15) is 57.6 Å². The average molecular weight is 282 g/mol. The molecule has 0 spiro atoms. The first kappa shape index (κ1) is 16.5. The number of alkyl halides is 1. The minimum absolute atomic E-state index is 0.249. The average Bonchev–Trinajstić information content (AvgIpc) is 2.45. The molecule has 108 valence electrons. The van der Waals surface area contributed by atoms with Crippen molar-refractivity contribution in [3.63, 3.8) is 0 Å². The molecule has 0 aromatic heterocycles. The highest BCUT2D eigenvalue weighted by molar-refractivity contribution is 6.18. The van der Waals surface area contributed by atoms with Crippen molar-refractivity contribution in [2.45, 2.75) is 53.0 Å². The summed E-state index contributed by atoms with van der Waals surface area (Å²) in [6.07, 6.45) is 2.26. The first-order valence-electron chi connectivity index (χ1n) is 7.42. The monoisotopic (exact) mass is 281 g/mol. The summed E-state index contributed by atoms with van der Waals surface area (Å²) in [5.74, 6) is 1.34. The zero-order valence-electron chi connectivity index (χ0n) is 12.8. The Hall–Kier alpha value is -0.530. The lowest BCUT2D eigenvalue weighted by Crippen LogP contribution is -2.34. The van der Waals surface area contributed by atoms with Gasteiger partial charge in [-0.1, -0.05) is 52.0 Å². The number of halogens is 1. The number of benzene rings is 1. The van der Waals surface area contributed by atoms with Crippen LogP contribution in [0.3, 0.4) is 0 Å². The van der Waals surface area contributed by atoms with Crippen LogP contribution in [-0.2, 0) is 6.54 Å². The molecule has 0 radical (unpaired) electrons. The summed E-state index contributed by atoms with van der Waals surface area (Å²) < 4.78 is 0. The molecule has 1 aromatic rings. The van der Waals surface area contributed by atoms with Crippen molar-refractivity contribution >= 4 is 11.6 Å². The first-order chi connectivity index (χ1) is 9.06. The second-order valence-electron chi connectivity index (χ2n) is 5.84. The largest absolute Gasteiger partial charge is 0.312 e. The smallest absolute Gasteiger partial charge is 0.0291 e. The molecule has 1 rings (SSSR count). The summed E-state index contributed by atoms with van der Waals surface area (Å²) in [6, 6.07) is 8.91. The van der Waals surface area contributed by atoms with Crippen molar-refractivity contribution in [2.75, 3.05) is 12.4 Å². The molecule has 1 N–H and O–H groups in total. The molecule has 0 fully saturated rings. The predicted molar refractivity (Wildman–Crippen MR) is 86.0 cm³/mol. The van der Waals surface area contributed by atoms with Gasteiger partial charge >= 0.3 is 0 Å². The standard InChI is InChI=1S/C17H28ClN/c1-5-17(6-2,12-18)13-19-11-15-7-9-16(10-8-15)14(3)4/h7-10,14,19H,5-6,11-13H2,1-4H3. The molecular weight excluding hydrogens is 254 g/mol. The molecule has 19 heavy (non-hydrogen) atoms. The van der Waals surface area contributed by atoms with E-state index in [9.17, 15) is 0 Å². The van der Waals surface area contributed by atoms with Gasteiger partial charge in [-0.2, -0.15) is 0 Å². The number of hydrogen-bond acceptors (Lipinski definition) is 1. The summed E-state index contributed by atoms with van der Waals surface area (Å²) >= 11 is 6.12. The van der Waals surface area contributed by atoms with E-state index in [1.54, 1.807) is 0 Å². The van der Waals surface area contributed by atoms with Gasteiger partial charge in [-0.25, -0.2) is 0 Å². The summed E-state index contributed by atoms with van der Waals surface area (Å²) in [4.78, 5) is 0. The maximum atomic E-state index is 6.12. The number of rotatable bonds is 8. The molecule has 0 aliphatic carbocycles. The highest BCUT2D eigenvalue weighted by Crippen LogP contribution is 2.27. The Kier molecular flexibility index (Phi) is 6.88. The molecule has 1 nitrogen and oxygen atoms in total. The van der Waals surface area contributed by atoms with Crippen molar-refractivity contribution < 1.29 is 0 Å². The van der Waals surface area contributed by atoms with E-state index in [1.165, 1.54) is 11.1 Å².